The lowest BCUT2D eigenvalue weighted by Crippen LogP contribution is -2.21. The smallest absolute Gasteiger partial charge is 0.234 e. The van der Waals surface area contributed by atoms with Crippen LogP contribution in [0.3, 0.4) is 0 Å². The molecule has 1 N–H and O–H groups in total. The summed E-state index contributed by atoms with van der Waals surface area (Å²) in [5.74, 6) is 1.41. The third kappa shape index (κ3) is 6.31. The van der Waals surface area contributed by atoms with Gasteiger partial charge in [-0.3, -0.25) is 4.79 Å². The van der Waals surface area contributed by atoms with Gasteiger partial charge in [0.25, 0.3) is 0 Å². The number of aryl methyl sites for hydroxylation is 1. The molecule has 2 rings (SSSR count). The number of nitrogens with zero attached hydrogens (tertiary/aromatic N) is 1. The summed E-state index contributed by atoms with van der Waals surface area (Å²) < 4.78 is 11.8. The molecule has 2 aromatic carbocycles. The quantitative estimate of drug-likeness (QED) is 0.694. The molecular weight excluding hydrogens is 352 g/mol. The van der Waals surface area contributed by atoms with Crippen molar-refractivity contribution in [1.29, 1.82) is 5.26 Å². The number of nitrogens with one attached hydrogen (secondary N) is 1. The molecule has 5 nitrogen and oxygen atoms in total. The monoisotopic (exact) mass is 380 g/mol. The highest BCUT2D eigenvalue weighted by Gasteiger charge is 2.20. The summed E-state index contributed by atoms with van der Waals surface area (Å²) in [7, 11) is 0. The van der Waals surface area contributed by atoms with E-state index in [9.17, 15) is 4.79 Å². The van der Waals surface area contributed by atoms with Gasteiger partial charge in [0, 0.05) is 6.54 Å². The van der Waals surface area contributed by atoms with E-state index in [1.165, 1.54) is 5.56 Å². The number of amides is 1. The Hall–Kier alpha value is -3.00. The van der Waals surface area contributed by atoms with Crippen molar-refractivity contribution in [3.05, 3.63) is 59.2 Å². The van der Waals surface area contributed by atoms with E-state index < -0.39 is 0 Å². The van der Waals surface area contributed by atoms with Gasteiger partial charge in [-0.1, -0.05) is 51.1 Å². The van der Waals surface area contributed by atoms with Gasteiger partial charge < -0.3 is 14.8 Å². The number of nitriles is 1. The third-order valence-corrected chi connectivity index (χ3v) is 4.27. The second-order valence-corrected chi connectivity index (χ2v) is 7.65. The number of hydrogen-bond acceptors (Lipinski definition) is 4. The molecular formula is C23H28N2O3. The molecule has 0 saturated heterocycles. The number of carbonyl (C=O) groups excluding carboxylic acids is 1. The minimum absolute atomic E-state index is 0.0146. The average Bonchev–Trinajstić information content (AvgIpc) is 2.65. The average molecular weight is 380 g/mol. The third-order valence-electron chi connectivity index (χ3n) is 4.27. The Balaban J connectivity index is 1.83. The second kappa shape index (κ2) is 9.80. The molecule has 0 aliphatic rings. The van der Waals surface area contributed by atoms with Crippen LogP contribution in [0.15, 0.2) is 42.5 Å². The van der Waals surface area contributed by atoms with Gasteiger partial charge in [-0.25, -0.2) is 0 Å². The van der Waals surface area contributed by atoms with Crippen molar-refractivity contribution in [2.24, 2.45) is 0 Å². The lowest BCUT2D eigenvalue weighted by molar-refractivity contribution is -0.120. The van der Waals surface area contributed by atoms with Crippen molar-refractivity contribution >= 4 is 5.91 Å². The maximum Gasteiger partial charge on any atom is 0.234 e. The highest BCUT2D eigenvalue weighted by atomic mass is 16.5. The zero-order chi connectivity index (χ0) is 20.6. The Morgan fingerprint density at radius 3 is 2.39 bits per heavy atom. The molecule has 0 fully saturated rings. The molecule has 0 bridgehead atoms. The Labute approximate surface area is 167 Å². The van der Waals surface area contributed by atoms with Gasteiger partial charge in [0.15, 0.2) is 0 Å². The molecule has 0 spiro atoms. The molecule has 0 radical (unpaired) electrons. The van der Waals surface area contributed by atoms with Crippen LogP contribution in [-0.4, -0.2) is 19.1 Å². The Kier molecular flexibility index (Phi) is 7.45. The summed E-state index contributed by atoms with van der Waals surface area (Å²) in [5, 5.41) is 11.2. The van der Waals surface area contributed by atoms with Crippen molar-refractivity contribution in [3.8, 4) is 17.6 Å². The maximum absolute atomic E-state index is 11.3. The first-order valence-corrected chi connectivity index (χ1v) is 9.39. The first-order chi connectivity index (χ1) is 13.3. The van der Waals surface area contributed by atoms with Gasteiger partial charge in [-0.05, 0) is 41.2 Å². The van der Waals surface area contributed by atoms with Crippen molar-refractivity contribution in [2.75, 3.05) is 13.2 Å². The molecule has 0 aliphatic heterocycles. The van der Waals surface area contributed by atoms with E-state index in [-0.39, 0.29) is 17.7 Å². The Bertz CT molecular complexity index is 830. The SMILES string of the molecule is Cc1cccc(C(C)(C)C)c1OCCOc1ccc(CNC(=O)CC#N)cc1. The van der Waals surface area contributed by atoms with Gasteiger partial charge in [0.2, 0.25) is 5.91 Å². The number of rotatable bonds is 8. The largest absolute Gasteiger partial charge is 0.490 e. The normalized spacial score (nSPS) is 10.8. The molecule has 0 unspecified atom stereocenters. The first-order valence-electron chi connectivity index (χ1n) is 9.39. The van der Waals surface area contributed by atoms with Gasteiger partial charge in [0.1, 0.15) is 31.1 Å². The fourth-order valence-corrected chi connectivity index (χ4v) is 2.78. The minimum Gasteiger partial charge on any atom is -0.490 e. The summed E-state index contributed by atoms with van der Waals surface area (Å²) in [6.07, 6.45) is -0.126. The van der Waals surface area contributed by atoms with Crippen LogP contribution < -0.4 is 14.8 Å². The van der Waals surface area contributed by atoms with Crippen molar-refractivity contribution in [1.82, 2.24) is 5.32 Å². The number of ether oxygens (including phenoxy) is 2. The van der Waals surface area contributed by atoms with Crippen LogP contribution in [0.2, 0.25) is 0 Å². The molecule has 0 aromatic heterocycles. The van der Waals surface area contributed by atoms with Crippen LogP contribution in [-0.2, 0) is 16.8 Å². The lowest BCUT2D eigenvalue weighted by Gasteiger charge is -2.24. The molecule has 0 saturated carbocycles. The van der Waals surface area contributed by atoms with E-state index in [2.05, 4.69) is 51.2 Å². The molecule has 148 valence electrons. The predicted octanol–water partition coefficient (Wildman–Crippen LogP) is 4.28. The maximum atomic E-state index is 11.3. The number of benzene rings is 2. The minimum atomic E-state index is -0.272. The summed E-state index contributed by atoms with van der Waals surface area (Å²) in [6.45, 7) is 9.88. The van der Waals surface area contributed by atoms with Crippen LogP contribution in [0.5, 0.6) is 11.5 Å². The molecule has 0 atom stereocenters. The fraction of sp³-hybridized carbons (Fsp3) is 0.391. The van der Waals surface area contributed by atoms with Gasteiger partial charge >= 0.3 is 0 Å². The summed E-state index contributed by atoms with van der Waals surface area (Å²) >= 11 is 0. The van der Waals surface area contributed by atoms with Crippen LogP contribution >= 0.6 is 0 Å². The van der Waals surface area contributed by atoms with E-state index in [1.807, 2.05) is 30.3 Å². The van der Waals surface area contributed by atoms with Crippen molar-refractivity contribution < 1.29 is 14.3 Å². The van der Waals surface area contributed by atoms with E-state index >= 15 is 0 Å². The highest BCUT2D eigenvalue weighted by molar-refractivity contribution is 5.77. The van der Waals surface area contributed by atoms with Gasteiger partial charge in [0.05, 0.1) is 6.07 Å². The topological polar surface area (TPSA) is 71.3 Å². The van der Waals surface area contributed by atoms with Crippen LogP contribution in [0.4, 0.5) is 0 Å². The Morgan fingerprint density at radius 2 is 1.75 bits per heavy atom. The van der Waals surface area contributed by atoms with E-state index in [0.29, 0.717) is 19.8 Å². The molecule has 0 aliphatic carbocycles. The Morgan fingerprint density at radius 1 is 1.07 bits per heavy atom. The highest BCUT2D eigenvalue weighted by Crippen LogP contribution is 2.33. The van der Waals surface area contributed by atoms with Gasteiger partial charge in [-0.15, -0.1) is 0 Å². The van der Waals surface area contributed by atoms with Crippen LogP contribution in [0.25, 0.3) is 0 Å². The predicted molar refractivity (Wildman–Crippen MR) is 109 cm³/mol. The van der Waals surface area contributed by atoms with Gasteiger partial charge in [-0.2, -0.15) is 5.26 Å². The molecule has 2 aromatic rings. The zero-order valence-corrected chi connectivity index (χ0v) is 17.0. The van der Waals surface area contributed by atoms with E-state index in [4.69, 9.17) is 14.7 Å². The number of hydrogen-bond donors (Lipinski definition) is 1. The first kappa shape index (κ1) is 21.3. The van der Waals surface area contributed by atoms with Crippen molar-refractivity contribution in [2.45, 2.75) is 46.1 Å². The summed E-state index contributed by atoms with van der Waals surface area (Å²) in [4.78, 5) is 11.3. The van der Waals surface area contributed by atoms with E-state index in [0.717, 1.165) is 22.6 Å². The molecule has 1 amide bonds. The van der Waals surface area contributed by atoms with Crippen LogP contribution in [0, 0.1) is 18.3 Å². The molecule has 5 heteroatoms. The summed E-state index contributed by atoms with van der Waals surface area (Å²) in [6, 6.07) is 15.6. The van der Waals surface area contributed by atoms with Crippen LogP contribution in [0.1, 0.15) is 43.9 Å². The zero-order valence-electron chi connectivity index (χ0n) is 17.0. The van der Waals surface area contributed by atoms with Crippen molar-refractivity contribution in [3.63, 3.8) is 0 Å². The molecule has 28 heavy (non-hydrogen) atoms. The van der Waals surface area contributed by atoms with E-state index in [1.54, 1.807) is 0 Å². The fourth-order valence-electron chi connectivity index (χ4n) is 2.78. The summed E-state index contributed by atoms with van der Waals surface area (Å²) in [5.41, 5.74) is 3.27. The number of para-hydroxylation sites is 1. The second-order valence-electron chi connectivity index (χ2n) is 7.65. The number of carbonyl (C=O) groups is 1. The molecule has 0 heterocycles. The lowest BCUT2D eigenvalue weighted by atomic mass is 9.85. The standard InChI is InChI=1S/C23H28N2O3/c1-17-6-5-7-20(23(2,3)4)22(17)28-15-14-27-19-10-8-18(9-11-19)16-25-21(26)12-13-24/h5-11H,12,14-16H2,1-4H3,(H,25,26).